The molecule has 0 saturated carbocycles. The van der Waals surface area contributed by atoms with Gasteiger partial charge in [-0.3, -0.25) is 4.79 Å². The zero-order valence-corrected chi connectivity index (χ0v) is 11.3. The van der Waals surface area contributed by atoms with E-state index < -0.39 is 0 Å². The highest BCUT2D eigenvalue weighted by Gasteiger charge is 2.06. The first kappa shape index (κ1) is 15.2. The van der Waals surface area contributed by atoms with Gasteiger partial charge in [0.1, 0.15) is 6.61 Å². The molecule has 0 aliphatic rings. The largest absolute Gasteiger partial charge is 0.460 e. The number of carbonyl (C=O) groups is 2. The number of hydrogen-bond donors (Lipinski definition) is 1. The van der Waals surface area contributed by atoms with Gasteiger partial charge in [-0.2, -0.15) is 0 Å². The maximum Gasteiger partial charge on any atom is 0.338 e. The molecule has 1 aromatic carbocycles. The monoisotopic (exact) mass is 265 g/mol. The van der Waals surface area contributed by atoms with Crippen LogP contribution in [0, 0.1) is 0 Å². The zero-order valence-electron chi connectivity index (χ0n) is 11.3. The number of rotatable bonds is 7. The molecule has 0 saturated heterocycles. The van der Waals surface area contributed by atoms with Crippen LogP contribution in [0.4, 0.5) is 0 Å². The average Bonchev–Trinajstić information content (AvgIpc) is 2.41. The maximum absolute atomic E-state index is 11.6. The van der Waals surface area contributed by atoms with E-state index in [-0.39, 0.29) is 18.5 Å². The first-order valence-electron chi connectivity index (χ1n) is 6.21. The van der Waals surface area contributed by atoms with E-state index >= 15 is 0 Å². The topological polar surface area (TPSA) is 64.6 Å². The molecule has 1 amide bonds. The van der Waals surface area contributed by atoms with Crippen LogP contribution in [-0.2, 0) is 20.8 Å². The highest BCUT2D eigenvalue weighted by Crippen LogP contribution is 2.06. The van der Waals surface area contributed by atoms with Gasteiger partial charge < -0.3 is 14.8 Å². The molecule has 104 valence electrons. The van der Waals surface area contributed by atoms with Gasteiger partial charge in [-0.05, 0) is 24.6 Å². The van der Waals surface area contributed by atoms with Crippen molar-refractivity contribution in [2.75, 3.05) is 19.8 Å². The van der Waals surface area contributed by atoms with Crippen LogP contribution in [0.25, 0.3) is 0 Å². The van der Waals surface area contributed by atoms with Crippen LogP contribution in [0.3, 0.4) is 0 Å². The molecule has 0 radical (unpaired) electrons. The van der Waals surface area contributed by atoms with Gasteiger partial charge >= 0.3 is 5.97 Å². The Hall–Kier alpha value is -1.88. The van der Waals surface area contributed by atoms with E-state index in [1.54, 1.807) is 24.3 Å². The van der Waals surface area contributed by atoms with Gasteiger partial charge in [0.25, 0.3) is 0 Å². The normalized spacial score (nSPS) is 10.0. The van der Waals surface area contributed by atoms with Crippen LogP contribution in [-0.4, -0.2) is 31.7 Å². The van der Waals surface area contributed by atoms with E-state index in [1.165, 1.54) is 6.92 Å². The Morgan fingerprint density at radius 1 is 1.16 bits per heavy atom. The van der Waals surface area contributed by atoms with Crippen molar-refractivity contribution < 1.29 is 19.1 Å². The molecule has 0 atom stereocenters. The van der Waals surface area contributed by atoms with E-state index in [2.05, 4.69) is 5.32 Å². The van der Waals surface area contributed by atoms with Gasteiger partial charge in [0.15, 0.2) is 0 Å². The van der Waals surface area contributed by atoms with Crippen LogP contribution in [0.5, 0.6) is 0 Å². The molecular formula is C14H19NO4. The smallest absolute Gasteiger partial charge is 0.338 e. The summed E-state index contributed by atoms with van der Waals surface area (Å²) in [6, 6.07) is 6.93. The summed E-state index contributed by atoms with van der Waals surface area (Å²) in [5, 5.41) is 2.69. The molecule has 0 spiro atoms. The fraction of sp³-hybridized carbons (Fsp3) is 0.429. The molecule has 5 heteroatoms. The lowest BCUT2D eigenvalue weighted by atomic mass is 10.1. The molecule has 0 bridgehead atoms. The number of nitrogens with one attached hydrogen (secondary N) is 1. The summed E-state index contributed by atoms with van der Waals surface area (Å²) in [7, 11) is 0. The second-order valence-corrected chi connectivity index (χ2v) is 3.94. The second-order valence-electron chi connectivity index (χ2n) is 3.94. The molecule has 0 aliphatic heterocycles. The third kappa shape index (κ3) is 6.01. The molecular weight excluding hydrogens is 246 g/mol. The number of amides is 1. The first-order valence-corrected chi connectivity index (χ1v) is 6.21. The van der Waals surface area contributed by atoms with Gasteiger partial charge in [0.2, 0.25) is 5.91 Å². The summed E-state index contributed by atoms with van der Waals surface area (Å²) in [5.74, 6) is -0.454. The predicted molar refractivity (Wildman–Crippen MR) is 70.7 cm³/mol. The lowest BCUT2D eigenvalue weighted by Crippen LogP contribution is -2.18. The Morgan fingerprint density at radius 3 is 2.42 bits per heavy atom. The van der Waals surface area contributed by atoms with Gasteiger partial charge in [-0.1, -0.05) is 12.1 Å². The van der Waals surface area contributed by atoms with E-state index in [0.717, 1.165) is 5.56 Å². The second kappa shape index (κ2) is 8.26. The molecule has 1 N–H and O–H groups in total. The average molecular weight is 265 g/mol. The van der Waals surface area contributed by atoms with Gasteiger partial charge in [0.05, 0.1) is 12.2 Å². The summed E-state index contributed by atoms with van der Waals surface area (Å²) in [6.07, 6.45) is 0. The third-order valence-electron chi connectivity index (χ3n) is 2.40. The summed E-state index contributed by atoms with van der Waals surface area (Å²) in [4.78, 5) is 22.4. The number of ether oxygens (including phenoxy) is 2. The molecule has 0 aromatic heterocycles. The maximum atomic E-state index is 11.6. The zero-order chi connectivity index (χ0) is 14.1. The van der Waals surface area contributed by atoms with Crippen LogP contribution < -0.4 is 5.32 Å². The predicted octanol–water partition coefficient (Wildman–Crippen LogP) is 1.52. The molecule has 5 nitrogen and oxygen atoms in total. The highest BCUT2D eigenvalue weighted by molar-refractivity contribution is 5.89. The van der Waals surface area contributed by atoms with Gasteiger partial charge in [-0.25, -0.2) is 4.79 Å². The lowest BCUT2D eigenvalue weighted by Gasteiger charge is -2.06. The molecule has 1 aromatic rings. The van der Waals surface area contributed by atoms with Crippen molar-refractivity contribution >= 4 is 11.9 Å². The highest BCUT2D eigenvalue weighted by atomic mass is 16.6. The number of carbonyl (C=O) groups excluding carboxylic acids is 2. The van der Waals surface area contributed by atoms with Gasteiger partial charge in [-0.15, -0.1) is 0 Å². The van der Waals surface area contributed by atoms with E-state index in [0.29, 0.717) is 25.3 Å². The summed E-state index contributed by atoms with van der Waals surface area (Å²) in [5.41, 5.74) is 1.42. The third-order valence-corrected chi connectivity index (χ3v) is 2.40. The Labute approximate surface area is 112 Å². The van der Waals surface area contributed by atoms with Crippen molar-refractivity contribution in [1.29, 1.82) is 0 Å². The fourth-order valence-corrected chi connectivity index (χ4v) is 1.41. The van der Waals surface area contributed by atoms with Crippen molar-refractivity contribution in [3.8, 4) is 0 Å². The molecule has 1 rings (SSSR count). The van der Waals surface area contributed by atoms with E-state index in [1.807, 2.05) is 6.92 Å². The summed E-state index contributed by atoms with van der Waals surface area (Å²) >= 11 is 0. The van der Waals surface area contributed by atoms with Crippen LogP contribution in [0.1, 0.15) is 29.8 Å². The van der Waals surface area contributed by atoms with Crippen molar-refractivity contribution in [2.24, 2.45) is 0 Å². The molecule has 19 heavy (non-hydrogen) atoms. The van der Waals surface area contributed by atoms with E-state index in [9.17, 15) is 9.59 Å². The van der Waals surface area contributed by atoms with Crippen LogP contribution in [0.2, 0.25) is 0 Å². The van der Waals surface area contributed by atoms with Crippen LogP contribution in [0.15, 0.2) is 24.3 Å². The standard InChI is InChI=1S/C14H19NO4/c1-3-18-8-9-19-14(17)13-6-4-12(5-7-13)10-15-11(2)16/h4-7H,3,8-10H2,1-2H3,(H,15,16). The summed E-state index contributed by atoms with van der Waals surface area (Å²) < 4.78 is 10.1. The first-order chi connectivity index (χ1) is 9.13. The van der Waals surface area contributed by atoms with Crippen molar-refractivity contribution in [2.45, 2.75) is 20.4 Å². The summed E-state index contributed by atoms with van der Waals surface area (Å²) in [6.45, 7) is 5.06. The molecule has 0 heterocycles. The Morgan fingerprint density at radius 2 is 1.84 bits per heavy atom. The lowest BCUT2D eigenvalue weighted by molar-refractivity contribution is -0.119. The quantitative estimate of drug-likeness (QED) is 0.599. The SMILES string of the molecule is CCOCCOC(=O)c1ccc(CNC(C)=O)cc1. The Balaban J connectivity index is 2.42. The number of esters is 1. The molecule has 0 unspecified atom stereocenters. The minimum Gasteiger partial charge on any atom is -0.460 e. The van der Waals surface area contributed by atoms with Crippen molar-refractivity contribution in [1.82, 2.24) is 5.32 Å². The fourth-order valence-electron chi connectivity index (χ4n) is 1.41. The van der Waals surface area contributed by atoms with Crippen LogP contribution >= 0.6 is 0 Å². The Bertz CT molecular complexity index is 414. The van der Waals surface area contributed by atoms with Crippen molar-refractivity contribution in [3.63, 3.8) is 0 Å². The van der Waals surface area contributed by atoms with E-state index in [4.69, 9.17) is 9.47 Å². The molecule has 0 aliphatic carbocycles. The number of hydrogen-bond acceptors (Lipinski definition) is 4. The number of benzene rings is 1. The minimum absolute atomic E-state index is 0.0839. The minimum atomic E-state index is -0.370. The van der Waals surface area contributed by atoms with Crippen molar-refractivity contribution in [3.05, 3.63) is 35.4 Å². The van der Waals surface area contributed by atoms with Gasteiger partial charge in [0, 0.05) is 20.1 Å². The molecule has 0 fully saturated rings. The Kier molecular flexibility index (Phi) is 6.60.